The van der Waals surface area contributed by atoms with Crippen LogP contribution in [0, 0.1) is 0 Å². The number of carboxylic acid groups (broad SMARTS) is 1. The van der Waals surface area contributed by atoms with E-state index < -0.39 is 16.2 Å². The van der Waals surface area contributed by atoms with Crippen molar-refractivity contribution in [3.63, 3.8) is 0 Å². The van der Waals surface area contributed by atoms with E-state index >= 15 is 0 Å². The lowest BCUT2D eigenvalue weighted by Gasteiger charge is -2.31. The van der Waals surface area contributed by atoms with Crippen molar-refractivity contribution in [2.45, 2.75) is 45.3 Å². The van der Waals surface area contributed by atoms with E-state index in [9.17, 15) is 18.3 Å². The van der Waals surface area contributed by atoms with Gasteiger partial charge in [-0.05, 0) is 90.5 Å². The second kappa shape index (κ2) is 9.93. The average Bonchev–Trinajstić information content (AvgIpc) is 3.11. The predicted octanol–water partition coefficient (Wildman–Crippen LogP) is 4.21. The third kappa shape index (κ3) is 5.53. The monoisotopic (exact) mass is 550 g/mol. The van der Waals surface area contributed by atoms with Crippen LogP contribution in [0.25, 0.3) is 11.0 Å². The summed E-state index contributed by atoms with van der Waals surface area (Å²) in [6.45, 7) is 4.41. The van der Waals surface area contributed by atoms with Crippen LogP contribution >= 0.6 is 15.9 Å². The Balaban J connectivity index is 1.45. The number of nitrogens with zero attached hydrogens (tertiary/aromatic N) is 3. The van der Waals surface area contributed by atoms with Crippen LogP contribution in [0.5, 0.6) is 5.75 Å². The number of benzene rings is 1. The minimum Gasteiger partial charge on any atom is -0.491 e. The third-order valence-corrected chi connectivity index (χ3v) is 7.71. The molecule has 1 saturated heterocycles. The number of rotatable bonds is 8. The molecule has 3 heterocycles. The Labute approximate surface area is 207 Å². The summed E-state index contributed by atoms with van der Waals surface area (Å²) in [5.74, 6) is -0.150. The minimum atomic E-state index is -3.70. The lowest BCUT2D eigenvalue weighted by atomic mass is 9.90. The Bertz CT molecular complexity index is 1280. The third-order valence-electron chi connectivity index (χ3n) is 5.73. The van der Waals surface area contributed by atoms with Crippen molar-refractivity contribution in [3.05, 3.63) is 52.8 Å². The fourth-order valence-electron chi connectivity index (χ4n) is 4.25. The number of ether oxygens (including phenoxy) is 1. The highest BCUT2D eigenvalue weighted by Crippen LogP contribution is 2.35. The summed E-state index contributed by atoms with van der Waals surface area (Å²) >= 11 is 3.35. The average molecular weight is 551 g/mol. The Morgan fingerprint density at radius 2 is 1.88 bits per heavy atom. The summed E-state index contributed by atoms with van der Waals surface area (Å²) in [6, 6.07) is 10.6. The molecule has 9 nitrogen and oxygen atoms in total. The van der Waals surface area contributed by atoms with Gasteiger partial charge in [-0.1, -0.05) is 0 Å². The number of aliphatic carboxylic acids is 1. The van der Waals surface area contributed by atoms with Crippen LogP contribution in [-0.4, -0.2) is 52.5 Å². The van der Waals surface area contributed by atoms with Crippen LogP contribution in [0.1, 0.15) is 38.2 Å². The number of anilines is 1. The molecule has 2 N–H and O–H groups in total. The van der Waals surface area contributed by atoms with Crippen molar-refractivity contribution in [3.8, 4) is 5.75 Å². The molecule has 0 amide bonds. The van der Waals surface area contributed by atoms with Gasteiger partial charge in [0.15, 0.2) is 0 Å². The summed E-state index contributed by atoms with van der Waals surface area (Å²) < 4.78 is 37.8. The summed E-state index contributed by atoms with van der Waals surface area (Å²) in [5.41, 5.74) is 2.09. The summed E-state index contributed by atoms with van der Waals surface area (Å²) in [5, 5.41) is 10.2. The molecule has 4 rings (SSSR count). The fraction of sp³-hybridized carbons (Fsp3) is 0.391. The summed E-state index contributed by atoms with van der Waals surface area (Å²) in [7, 11) is -3.70. The molecule has 2 aromatic heterocycles. The maximum Gasteiger partial charge on any atom is 0.323 e. The number of hydrogen-bond acceptors (Lipinski definition) is 5. The van der Waals surface area contributed by atoms with Gasteiger partial charge in [0.05, 0.1) is 11.8 Å². The van der Waals surface area contributed by atoms with Crippen LogP contribution < -0.4 is 9.46 Å². The highest BCUT2D eigenvalue weighted by molar-refractivity contribution is 9.10. The normalized spacial score (nSPS) is 15.6. The molecule has 1 aliphatic heterocycles. The van der Waals surface area contributed by atoms with Crippen molar-refractivity contribution in [2.24, 2.45) is 0 Å². The topological polar surface area (TPSA) is 114 Å². The molecule has 11 heteroatoms. The first-order valence-electron chi connectivity index (χ1n) is 11.0. The van der Waals surface area contributed by atoms with Gasteiger partial charge in [-0.25, -0.2) is 4.98 Å². The molecule has 3 aromatic rings. The van der Waals surface area contributed by atoms with Crippen molar-refractivity contribution in [1.82, 2.24) is 13.9 Å². The highest BCUT2D eigenvalue weighted by Gasteiger charge is 2.30. The molecular weight excluding hydrogens is 524 g/mol. The van der Waals surface area contributed by atoms with Crippen molar-refractivity contribution in [2.75, 3.05) is 17.8 Å². The Morgan fingerprint density at radius 1 is 1.21 bits per heavy atom. The van der Waals surface area contributed by atoms with Gasteiger partial charge in [0.2, 0.25) is 0 Å². The maximum atomic E-state index is 12.9. The number of piperidine rings is 1. The number of pyridine rings is 1. The zero-order valence-corrected chi connectivity index (χ0v) is 21.3. The van der Waals surface area contributed by atoms with E-state index in [2.05, 4.69) is 25.6 Å². The Hall–Kier alpha value is -2.63. The van der Waals surface area contributed by atoms with Crippen LogP contribution in [-0.2, 0) is 21.5 Å². The largest absolute Gasteiger partial charge is 0.491 e. The first-order chi connectivity index (χ1) is 16.1. The second-order valence-corrected chi connectivity index (χ2v) is 11.1. The zero-order chi connectivity index (χ0) is 24.5. The molecule has 34 heavy (non-hydrogen) atoms. The lowest BCUT2D eigenvalue weighted by Crippen LogP contribution is -2.41. The van der Waals surface area contributed by atoms with Gasteiger partial charge >= 0.3 is 16.2 Å². The first-order valence-corrected chi connectivity index (χ1v) is 13.3. The van der Waals surface area contributed by atoms with Gasteiger partial charge in [-0.3, -0.25) is 9.52 Å². The molecule has 1 aliphatic rings. The molecule has 182 valence electrons. The van der Waals surface area contributed by atoms with Crippen LogP contribution in [0.4, 0.5) is 5.69 Å². The summed E-state index contributed by atoms with van der Waals surface area (Å²) in [4.78, 5) is 15.8. The van der Waals surface area contributed by atoms with E-state index in [1.54, 1.807) is 28.8 Å². The van der Waals surface area contributed by atoms with E-state index in [-0.39, 0.29) is 18.6 Å². The Kier molecular flexibility index (Phi) is 7.15. The molecule has 0 spiro atoms. The van der Waals surface area contributed by atoms with Crippen LogP contribution in [0.2, 0.25) is 0 Å². The van der Waals surface area contributed by atoms with Crippen molar-refractivity contribution in [1.29, 1.82) is 0 Å². The van der Waals surface area contributed by atoms with Crippen molar-refractivity contribution >= 4 is 48.8 Å². The fourth-order valence-corrected chi connectivity index (χ4v) is 5.81. The van der Waals surface area contributed by atoms with E-state index in [0.29, 0.717) is 47.6 Å². The standard InChI is InChI=1S/C23H27BrN4O5S/c1-15(2)33-18-5-3-17(4-6-18)26-34(31,32)28-11-9-16(10-12-28)20-13-27(14-22(29)30)23-19(20)7-8-21(24)25-23/h3-8,13,15-16,26H,9-12,14H2,1-2H3,(H,29,30). The number of hydrogen-bond donors (Lipinski definition) is 2. The van der Waals surface area contributed by atoms with E-state index in [4.69, 9.17) is 4.74 Å². The van der Waals surface area contributed by atoms with Crippen molar-refractivity contribution < 1.29 is 23.1 Å². The molecule has 0 atom stereocenters. The van der Waals surface area contributed by atoms with E-state index in [1.807, 2.05) is 32.2 Å². The number of carboxylic acids is 1. The second-order valence-electron chi connectivity index (χ2n) is 8.58. The van der Waals surface area contributed by atoms with E-state index in [0.717, 1.165) is 10.9 Å². The minimum absolute atomic E-state index is 0.0410. The smallest absolute Gasteiger partial charge is 0.323 e. The number of aromatic nitrogens is 2. The molecule has 0 aliphatic carbocycles. The van der Waals surface area contributed by atoms with Gasteiger partial charge in [-0.15, -0.1) is 0 Å². The molecule has 0 radical (unpaired) electrons. The highest BCUT2D eigenvalue weighted by atomic mass is 79.9. The van der Waals surface area contributed by atoms with Gasteiger partial charge in [0.1, 0.15) is 22.5 Å². The molecular formula is C23H27BrN4O5S. The molecule has 1 aromatic carbocycles. The molecule has 0 unspecified atom stereocenters. The van der Waals surface area contributed by atoms with Gasteiger partial charge in [0, 0.05) is 24.7 Å². The number of nitrogens with one attached hydrogen (secondary N) is 1. The zero-order valence-electron chi connectivity index (χ0n) is 18.9. The predicted molar refractivity (Wildman–Crippen MR) is 133 cm³/mol. The molecule has 0 saturated carbocycles. The summed E-state index contributed by atoms with van der Waals surface area (Å²) in [6.07, 6.45) is 3.14. The quantitative estimate of drug-likeness (QED) is 0.406. The van der Waals surface area contributed by atoms with E-state index in [1.165, 1.54) is 4.31 Å². The number of fused-ring (bicyclic) bond motifs is 1. The molecule has 0 bridgehead atoms. The Morgan fingerprint density at radius 3 is 2.50 bits per heavy atom. The van der Waals surface area contributed by atoms with Gasteiger partial charge < -0.3 is 14.4 Å². The SMILES string of the molecule is CC(C)Oc1ccc(NS(=O)(=O)N2CCC(c3cn(CC(=O)O)c4nc(Br)ccc34)CC2)cc1. The first kappa shape index (κ1) is 24.5. The number of carbonyl (C=O) groups is 1. The van der Waals surface area contributed by atoms with Gasteiger partial charge in [-0.2, -0.15) is 12.7 Å². The van der Waals surface area contributed by atoms with Crippen LogP contribution in [0.3, 0.4) is 0 Å². The molecule has 1 fully saturated rings. The van der Waals surface area contributed by atoms with Crippen LogP contribution in [0.15, 0.2) is 47.2 Å². The number of halogens is 1. The maximum absolute atomic E-state index is 12.9. The lowest BCUT2D eigenvalue weighted by molar-refractivity contribution is -0.137. The van der Waals surface area contributed by atoms with Gasteiger partial charge in [0.25, 0.3) is 0 Å².